The predicted molar refractivity (Wildman–Crippen MR) is 74.7 cm³/mol. The zero-order valence-corrected chi connectivity index (χ0v) is 11.5. The summed E-state index contributed by atoms with van der Waals surface area (Å²) in [7, 11) is 0. The van der Waals surface area contributed by atoms with Crippen molar-refractivity contribution in [1.82, 2.24) is 4.90 Å². The number of phenols is 2. The number of phenolic OH excluding ortho intramolecular Hbond substituents is 2. The van der Waals surface area contributed by atoms with E-state index in [1.54, 1.807) is 12.1 Å². The fourth-order valence-corrected chi connectivity index (χ4v) is 2.79. The zero-order chi connectivity index (χ0) is 14.5. The molecule has 0 aliphatic carbocycles. The lowest BCUT2D eigenvalue weighted by atomic mass is 9.97. The minimum Gasteiger partial charge on any atom is -0.504 e. The van der Waals surface area contributed by atoms with Gasteiger partial charge in [-0.2, -0.15) is 0 Å². The molecule has 1 fully saturated rings. The molecular formula is C15H21NO4. The lowest BCUT2D eigenvalue weighted by Gasteiger charge is -2.35. The minimum atomic E-state index is -0.752. The van der Waals surface area contributed by atoms with Gasteiger partial charge in [-0.05, 0) is 43.5 Å². The molecule has 5 heteroatoms. The second kappa shape index (κ2) is 6.61. The normalized spacial score (nSPS) is 19.9. The number of benzene rings is 1. The number of carboxylic acids is 1. The number of likely N-dealkylation sites (tertiary alicyclic amines) is 1. The van der Waals surface area contributed by atoms with Crippen LogP contribution < -0.4 is 0 Å². The predicted octanol–water partition coefficient (Wildman–Crippen LogP) is 2.32. The van der Waals surface area contributed by atoms with Gasteiger partial charge in [-0.25, -0.2) is 0 Å². The lowest BCUT2D eigenvalue weighted by molar-refractivity contribution is -0.137. The van der Waals surface area contributed by atoms with Gasteiger partial charge in [0.15, 0.2) is 11.5 Å². The van der Waals surface area contributed by atoms with Crippen molar-refractivity contribution in [2.75, 3.05) is 6.54 Å². The maximum Gasteiger partial charge on any atom is 0.303 e. The van der Waals surface area contributed by atoms with Crippen molar-refractivity contribution in [3.8, 4) is 11.5 Å². The van der Waals surface area contributed by atoms with Crippen LogP contribution >= 0.6 is 0 Å². The van der Waals surface area contributed by atoms with Crippen LogP contribution in [0.2, 0.25) is 0 Å². The van der Waals surface area contributed by atoms with E-state index in [1.807, 2.05) is 0 Å². The van der Waals surface area contributed by atoms with Gasteiger partial charge in [-0.3, -0.25) is 9.69 Å². The third-order valence-electron chi connectivity index (χ3n) is 3.87. The largest absolute Gasteiger partial charge is 0.504 e. The molecule has 0 amide bonds. The molecule has 1 heterocycles. The van der Waals surface area contributed by atoms with E-state index in [0.717, 1.165) is 31.4 Å². The summed E-state index contributed by atoms with van der Waals surface area (Å²) in [5.74, 6) is -0.978. The molecule has 1 unspecified atom stereocenters. The van der Waals surface area contributed by atoms with Crippen LogP contribution in [0, 0.1) is 0 Å². The summed E-state index contributed by atoms with van der Waals surface area (Å²) in [6.07, 6.45) is 4.15. The maximum atomic E-state index is 10.7. The summed E-state index contributed by atoms with van der Waals surface area (Å²) in [5.41, 5.74) is 0.933. The first kappa shape index (κ1) is 14.7. The molecule has 0 aromatic heterocycles. The second-order valence-corrected chi connectivity index (χ2v) is 5.38. The van der Waals surface area contributed by atoms with Crippen LogP contribution in [-0.4, -0.2) is 38.8 Å². The average Bonchev–Trinajstić information content (AvgIpc) is 2.42. The van der Waals surface area contributed by atoms with Crippen molar-refractivity contribution in [1.29, 1.82) is 0 Å². The minimum absolute atomic E-state index is 0.110. The van der Waals surface area contributed by atoms with Crippen molar-refractivity contribution in [3.05, 3.63) is 23.8 Å². The van der Waals surface area contributed by atoms with Gasteiger partial charge >= 0.3 is 5.97 Å². The number of carboxylic acid groups (broad SMARTS) is 1. The highest BCUT2D eigenvalue weighted by Crippen LogP contribution is 2.28. The molecule has 1 aromatic rings. The van der Waals surface area contributed by atoms with E-state index in [2.05, 4.69) is 4.90 Å². The van der Waals surface area contributed by atoms with Crippen LogP contribution in [0.4, 0.5) is 0 Å². The van der Waals surface area contributed by atoms with E-state index in [0.29, 0.717) is 13.0 Å². The summed E-state index contributed by atoms with van der Waals surface area (Å²) in [5, 5.41) is 27.7. The molecule has 3 N–H and O–H groups in total. The summed E-state index contributed by atoms with van der Waals surface area (Å²) in [6.45, 7) is 1.63. The summed E-state index contributed by atoms with van der Waals surface area (Å²) in [6, 6.07) is 5.13. The summed E-state index contributed by atoms with van der Waals surface area (Å²) < 4.78 is 0. The Morgan fingerprint density at radius 3 is 2.75 bits per heavy atom. The number of carbonyl (C=O) groups is 1. The Morgan fingerprint density at radius 1 is 1.25 bits per heavy atom. The molecule has 20 heavy (non-hydrogen) atoms. The SMILES string of the molecule is O=C(O)CCC1CCCCN1Cc1ccc(O)c(O)c1. The molecule has 0 saturated carbocycles. The maximum absolute atomic E-state index is 10.7. The molecule has 110 valence electrons. The van der Waals surface area contributed by atoms with E-state index in [-0.39, 0.29) is 24.0 Å². The molecule has 0 spiro atoms. The van der Waals surface area contributed by atoms with Crippen molar-refractivity contribution < 1.29 is 20.1 Å². The monoisotopic (exact) mass is 279 g/mol. The number of nitrogens with zero attached hydrogens (tertiary/aromatic N) is 1. The van der Waals surface area contributed by atoms with E-state index < -0.39 is 5.97 Å². The van der Waals surface area contributed by atoms with Crippen molar-refractivity contribution >= 4 is 5.97 Å². The van der Waals surface area contributed by atoms with Crippen LogP contribution in [0.15, 0.2) is 18.2 Å². The van der Waals surface area contributed by atoms with Gasteiger partial charge in [0.2, 0.25) is 0 Å². The van der Waals surface area contributed by atoms with Gasteiger partial charge in [0.25, 0.3) is 0 Å². The van der Waals surface area contributed by atoms with E-state index >= 15 is 0 Å². The number of rotatable bonds is 5. The van der Waals surface area contributed by atoms with Crippen LogP contribution in [0.5, 0.6) is 11.5 Å². The highest BCUT2D eigenvalue weighted by atomic mass is 16.4. The molecule has 0 bridgehead atoms. The summed E-state index contributed by atoms with van der Waals surface area (Å²) in [4.78, 5) is 13.0. The molecule has 0 radical (unpaired) electrons. The Kier molecular flexibility index (Phi) is 4.84. The van der Waals surface area contributed by atoms with Gasteiger partial charge in [0.1, 0.15) is 0 Å². The smallest absolute Gasteiger partial charge is 0.303 e. The zero-order valence-electron chi connectivity index (χ0n) is 11.5. The number of aliphatic carboxylic acids is 1. The fourth-order valence-electron chi connectivity index (χ4n) is 2.79. The Morgan fingerprint density at radius 2 is 2.05 bits per heavy atom. The van der Waals surface area contributed by atoms with Gasteiger partial charge < -0.3 is 15.3 Å². The molecular weight excluding hydrogens is 258 g/mol. The standard InChI is InChI=1S/C15H21NO4/c17-13-6-4-11(9-14(13)18)10-16-8-2-1-3-12(16)5-7-15(19)20/h4,6,9,12,17-18H,1-3,5,7-8,10H2,(H,19,20). The Hall–Kier alpha value is -1.75. The number of hydrogen-bond donors (Lipinski definition) is 3. The van der Waals surface area contributed by atoms with Gasteiger partial charge in [-0.15, -0.1) is 0 Å². The highest BCUT2D eigenvalue weighted by molar-refractivity contribution is 5.66. The molecule has 2 rings (SSSR count). The Balaban J connectivity index is 2.00. The van der Waals surface area contributed by atoms with Crippen molar-refractivity contribution in [2.45, 2.75) is 44.7 Å². The lowest BCUT2D eigenvalue weighted by Crippen LogP contribution is -2.39. The Labute approximate surface area is 118 Å². The molecule has 1 atom stereocenters. The fraction of sp³-hybridized carbons (Fsp3) is 0.533. The van der Waals surface area contributed by atoms with E-state index in [9.17, 15) is 15.0 Å². The highest BCUT2D eigenvalue weighted by Gasteiger charge is 2.23. The third-order valence-corrected chi connectivity index (χ3v) is 3.87. The average molecular weight is 279 g/mol. The molecule has 5 nitrogen and oxygen atoms in total. The first-order chi connectivity index (χ1) is 9.56. The first-order valence-electron chi connectivity index (χ1n) is 7.03. The second-order valence-electron chi connectivity index (χ2n) is 5.38. The molecule has 1 aromatic carbocycles. The Bertz CT molecular complexity index is 475. The van der Waals surface area contributed by atoms with Crippen molar-refractivity contribution in [2.24, 2.45) is 0 Å². The first-order valence-corrected chi connectivity index (χ1v) is 7.03. The van der Waals surface area contributed by atoms with Crippen LogP contribution in [0.25, 0.3) is 0 Å². The van der Waals surface area contributed by atoms with Crippen LogP contribution in [-0.2, 0) is 11.3 Å². The molecule has 1 aliphatic heterocycles. The van der Waals surface area contributed by atoms with Gasteiger partial charge in [0.05, 0.1) is 0 Å². The van der Waals surface area contributed by atoms with Crippen LogP contribution in [0.3, 0.4) is 0 Å². The number of hydrogen-bond acceptors (Lipinski definition) is 4. The molecule has 1 saturated heterocycles. The van der Waals surface area contributed by atoms with Crippen molar-refractivity contribution in [3.63, 3.8) is 0 Å². The van der Waals surface area contributed by atoms with Crippen LogP contribution in [0.1, 0.15) is 37.7 Å². The topological polar surface area (TPSA) is 81.0 Å². The van der Waals surface area contributed by atoms with E-state index in [1.165, 1.54) is 6.07 Å². The third kappa shape index (κ3) is 3.87. The van der Waals surface area contributed by atoms with Gasteiger partial charge in [0, 0.05) is 19.0 Å². The van der Waals surface area contributed by atoms with Gasteiger partial charge in [-0.1, -0.05) is 12.5 Å². The number of piperidine rings is 1. The number of aromatic hydroxyl groups is 2. The summed E-state index contributed by atoms with van der Waals surface area (Å²) >= 11 is 0. The quantitative estimate of drug-likeness (QED) is 0.721. The molecule has 1 aliphatic rings. The van der Waals surface area contributed by atoms with E-state index in [4.69, 9.17) is 5.11 Å².